The normalized spacial score (nSPS) is 10.6. The van der Waals surface area contributed by atoms with E-state index in [9.17, 15) is 0 Å². The summed E-state index contributed by atoms with van der Waals surface area (Å²) in [7, 11) is 0. The molecule has 18 heavy (non-hydrogen) atoms. The number of anilines is 1. The van der Waals surface area contributed by atoms with Gasteiger partial charge in [-0.15, -0.1) is 0 Å². The van der Waals surface area contributed by atoms with E-state index in [1.807, 2.05) is 0 Å². The maximum atomic E-state index is 3.62. The van der Waals surface area contributed by atoms with Crippen LogP contribution in [0.15, 0.2) is 41.0 Å². The number of rotatable bonds is 5. The van der Waals surface area contributed by atoms with Crippen molar-refractivity contribution in [1.82, 2.24) is 4.57 Å². The Labute approximate surface area is 117 Å². The van der Waals surface area contributed by atoms with Crippen LogP contribution in [0.4, 0.5) is 5.69 Å². The van der Waals surface area contributed by atoms with Crippen LogP contribution in [0, 0.1) is 6.92 Å². The lowest BCUT2D eigenvalue weighted by molar-refractivity contribution is 0.654. The maximum Gasteiger partial charge on any atom is 0.0553 e. The Kier molecular flexibility index (Phi) is 4.48. The zero-order valence-electron chi connectivity index (χ0n) is 10.9. The molecule has 2 nitrogen and oxygen atoms in total. The summed E-state index contributed by atoms with van der Waals surface area (Å²) in [4.78, 5) is 0. The fourth-order valence-corrected chi connectivity index (χ4v) is 2.44. The number of nitrogens with zero attached hydrogens (tertiary/aromatic N) is 1. The van der Waals surface area contributed by atoms with Gasteiger partial charge in [0.2, 0.25) is 0 Å². The Bertz CT molecular complexity index is 517. The summed E-state index contributed by atoms with van der Waals surface area (Å²) < 4.78 is 3.45. The second kappa shape index (κ2) is 6.10. The second-order valence-electron chi connectivity index (χ2n) is 4.48. The van der Waals surface area contributed by atoms with Gasteiger partial charge in [0.1, 0.15) is 0 Å². The Morgan fingerprint density at radius 3 is 2.83 bits per heavy atom. The number of benzene rings is 1. The number of nitrogens with one attached hydrogen (secondary N) is 1. The van der Waals surface area contributed by atoms with Crippen molar-refractivity contribution in [3.05, 3.63) is 52.3 Å². The molecule has 2 aromatic rings. The summed E-state index contributed by atoms with van der Waals surface area (Å²) >= 11 is 3.62. The number of halogens is 1. The molecule has 0 unspecified atom stereocenters. The third-order valence-electron chi connectivity index (χ3n) is 3.04. The molecule has 1 aromatic heterocycles. The van der Waals surface area contributed by atoms with Gasteiger partial charge in [0.25, 0.3) is 0 Å². The fraction of sp³-hybridized carbons (Fsp3) is 0.333. The van der Waals surface area contributed by atoms with E-state index in [-0.39, 0.29) is 0 Å². The van der Waals surface area contributed by atoms with Gasteiger partial charge in [-0.3, -0.25) is 0 Å². The van der Waals surface area contributed by atoms with Gasteiger partial charge >= 0.3 is 0 Å². The van der Waals surface area contributed by atoms with E-state index in [0.717, 1.165) is 29.7 Å². The summed E-state index contributed by atoms with van der Waals surface area (Å²) in [5.41, 5.74) is 3.73. The summed E-state index contributed by atoms with van der Waals surface area (Å²) in [6.07, 6.45) is 3.31. The van der Waals surface area contributed by atoms with Gasteiger partial charge in [0.05, 0.1) is 6.54 Å². The first-order valence-corrected chi connectivity index (χ1v) is 7.14. The lowest BCUT2D eigenvalue weighted by Gasteiger charge is -2.12. The molecule has 2 rings (SSSR count). The predicted molar refractivity (Wildman–Crippen MR) is 80.9 cm³/mol. The van der Waals surface area contributed by atoms with Crippen molar-refractivity contribution < 1.29 is 0 Å². The number of hydrogen-bond acceptors (Lipinski definition) is 1. The molecule has 96 valence electrons. The number of aryl methyl sites for hydroxylation is 2. The molecule has 1 N–H and O–H groups in total. The summed E-state index contributed by atoms with van der Waals surface area (Å²) in [6, 6.07) is 10.6. The molecule has 0 aliphatic heterocycles. The molecule has 0 spiro atoms. The highest BCUT2D eigenvalue weighted by molar-refractivity contribution is 9.10. The zero-order valence-corrected chi connectivity index (χ0v) is 12.5. The van der Waals surface area contributed by atoms with Crippen LogP contribution in [0.5, 0.6) is 0 Å². The molecule has 0 bridgehead atoms. The van der Waals surface area contributed by atoms with E-state index in [2.05, 4.69) is 76.2 Å². The molecule has 0 atom stereocenters. The van der Waals surface area contributed by atoms with Gasteiger partial charge in [-0.2, -0.15) is 0 Å². The first-order chi connectivity index (χ1) is 8.72. The van der Waals surface area contributed by atoms with Gasteiger partial charge in [0.15, 0.2) is 0 Å². The topological polar surface area (TPSA) is 17.0 Å². The molecule has 0 aliphatic rings. The monoisotopic (exact) mass is 306 g/mol. The standard InChI is InChI=1S/C15H19BrN2/c1-3-9-18-10-5-7-13(18)11-17-14-8-4-6-12(2)15(14)16/h4-8,10,17H,3,9,11H2,1-2H3. The molecular weight excluding hydrogens is 288 g/mol. The Morgan fingerprint density at radius 1 is 1.22 bits per heavy atom. The number of aromatic nitrogens is 1. The van der Waals surface area contributed by atoms with Gasteiger partial charge < -0.3 is 9.88 Å². The van der Waals surface area contributed by atoms with E-state index >= 15 is 0 Å². The minimum atomic E-state index is 0.856. The lowest BCUT2D eigenvalue weighted by atomic mass is 10.2. The van der Waals surface area contributed by atoms with E-state index in [4.69, 9.17) is 0 Å². The molecule has 0 saturated carbocycles. The molecule has 0 saturated heterocycles. The zero-order chi connectivity index (χ0) is 13.0. The fourth-order valence-electron chi connectivity index (χ4n) is 2.04. The molecule has 0 radical (unpaired) electrons. The Morgan fingerprint density at radius 2 is 2.06 bits per heavy atom. The van der Waals surface area contributed by atoms with Crippen LogP contribution < -0.4 is 5.32 Å². The van der Waals surface area contributed by atoms with Crippen molar-refractivity contribution in [2.24, 2.45) is 0 Å². The first kappa shape index (κ1) is 13.2. The van der Waals surface area contributed by atoms with Crippen molar-refractivity contribution >= 4 is 21.6 Å². The lowest BCUT2D eigenvalue weighted by Crippen LogP contribution is -2.07. The summed E-state index contributed by atoms with van der Waals surface area (Å²) in [5.74, 6) is 0. The van der Waals surface area contributed by atoms with Crippen LogP contribution in [0.2, 0.25) is 0 Å². The molecule has 3 heteroatoms. The average Bonchev–Trinajstić information content (AvgIpc) is 2.79. The molecule has 0 amide bonds. The third-order valence-corrected chi connectivity index (χ3v) is 4.09. The highest BCUT2D eigenvalue weighted by Gasteiger charge is 2.03. The van der Waals surface area contributed by atoms with Crippen LogP contribution in [0.3, 0.4) is 0 Å². The van der Waals surface area contributed by atoms with E-state index in [1.54, 1.807) is 0 Å². The van der Waals surface area contributed by atoms with Gasteiger partial charge in [-0.05, 0) is 53.0 Å². The van der Waals surface area contributed by atoms with Gasteiger partial charge in [0, 0.05) is 28.6 Å². The summed E-state index contributed by atoms with van der Waals surface area (Å²) in [6.45, 7) is 6.25. The second-order valence-corrected chi connectivity index (χ2v) is 5.28. The van der Waals surface area contributed by atoms with Crippen LogP contribution in [0.1, 0.15) is 24.6 Å². The molecular formula is C15H19BrN2. The Balaban J connectivity index is 2.07. The van der Waals surface area contributed by atoms with Crippen molar-refractivity contribution in [2.75, 3.05) is 5.32 Å². The Hall–Kier alpha value is -1.22. The van der Waals surface area contributed by atoms with Gasteiger partial charge in [-0.1, -0.05) is 19.1 Å². The van der Waals surface area contributed by atoms with Crippen LogP contribution >= 0.6 is 15.9 Å². The average molecular weight is 307 g/mol. The molecule has 0 fully saturated rings. The predicted octanol–water partition coefficient (Wildman–Crippen LogP) is 4.58. The smallest absolute Gasteiger partial charge is 0.0553 e. The SMILES string of the molecule is CCCn1cccc1CNc1cccc(C)c1Br. The molecule has 0 aliphatic carbocycles. The van der Waals surface area contributed by atoms with Gasteiger partial charge in [-0.25, -0.2) is 0 Å². The quantitative estimate of drug-likeness (QED) is 0.855. The third kappa shape index (κ3) is 2.96. The number of hydrogen-bond donors (Lipinski definition) is 1. The molecule has 1 heterocycles. The van der Waals surface area contributed by atoms with E-state index in [0.29, 0.717) is 0 Å². The van der Waals surface area contributed by atoms with Crippen LogP contribution in [-0.2, 0) is 13.1 Å². The van der Waals surface area contributed by atoms with Crippen LogP contribution in [0.25, 0.3) is 0 Å². The minimum Gasteiger partial charge on any atom is -0.379 e. The van der Waals surface area contributed by atoms with Crippen molar-refractivity contribution in [2.45, 2.75) is 33.4 Å². The minimum absolute atomic E-state index is 0.856. The summed E-state index contributed by atoms with van der Waals surface area (Å²) in [5, 5.41) is 3.49. The largest absolute Gasteiger partial charge is 0.379 e. The van der Waals surface area contributed by atoms with Crippen molar-refractivity contribution in [3.63, 3.8) is 0 Å². The maximum absolute atomic E-state index is 3.62. The van der Waals surface area contributed by atoms with Crippen molar-refractivity contribution in [3.8, 4) is 0 Å². The van der Waals surface area contributed by atoms with E-state index < -0.39 is 0 Å². The van der Waals surface area contributed by atoms with Crippen LogP contribution in [-0.4, -0.2) is 4.57 Å². The molecule has 1 aromatic carbocycles. The highest BCUT2D eigenvalue weighted by atomic mass is 79.9. The van der Waals surface area contributed by atoms with Crippen molar-refractivity contribution in [1.29, 1.82) is 0 Å². The first-order valence-electron chi connectivity index (χ1n) is 6.35. The van der Waals surface area contributed by atoms with E-state index in [1.165, 1.54) is 11.3 Å². The highest BCUT2D eigenvalue weighted by Crippen LogP contribution is 2.26.